The fraction of sp³-hybridized carbons (Fsp3) is 0.500. The smallest absolute Gasteiger partial charge is 0.445 e. The van der Waals surface area contributed by atoms with Crippen molar-refractivity contribution in [2.45, 2.75) is 21.9 Å². The highest BCUT2D eigenvalue weighted by atomic mass is 32.2. The molecule has 0 saturated carbocycles. The van der Waals surface area contributed by atoms with Gasteiger partial charge in [0.05, 0.1) is 0 Å². The van der Waals surface area contributed by atoms with Crippen LogP contribution in [0.25, 0.3) is 0 Å². The number of aromatic nitrogens is 4. The van der Waals surface area contributed by atoms with Crippen molar-refractivity contribution in [1.82, 2.24) is 29.8 Å². The number of amides is 2. The van der Waals surface area contributed by atoms with E-state index in [2.05, 4.69) is 34.9 Å². The van der Waals surface area contributed by atoms with Gasteiger partial charge in [-0.15, -0.1) is 22.0 Å². The number of hydrogen-bond donors (Lipinski definition) is 3. The molecule has 20 heteroatoms. The second-order valence-corrected chi connectivity index (χ2v) is 11.5. The Balaban J connectivity index is 1.41. The summed E-state index contributed by atoms with van der Waals surface area (Å²) in [7, 11) is 1.21. The van der Waals surface area contributed by atoms with E-state index >= 15 is 0 Å². The maximum atomic E-state index is 12.8. The second-order valence-electron chi connectivity index (χ2n) is 7.44. The van der Waals surface area contributed by atoms with E-state index in [9.17, 15) is 32.7 Å². The third kappa shape index (κ3) is 5.06. The lowest BCUT2D eigenvalue weighted by Crippen LogP contribution is -2.74. The van der Waals surface area contributed by atoms with Gasteiger partial charge in [-0.2, -0.15) is 22.5 Å². The number of nitrogens with two attached hydrogens (primary N) is 1. The van der Waals surface area contributed by atoms with Crippen molar-refractivity contribution < 1.29 is 37.5 Å². The van der Waals surface area contributed by atoms with Crippen molar-refractivity contribution in [2.75, 3.05) is 30.9 Å². The predicted molar refractivity (Wildman–Crippen MR) is 123 cm³/mol. The van der Waals surface area contributed by atoms with Gasteiger partial charge < -0.3 is 25.9 Å². The number of nitrogens with zero attached hydrogens (tertiary/aromatic N) is 6. The van der Waals surface area contributed by atoms with Crippen molar-refractivity contribution in [1.29, 1.82) is 0 Å². The zero-order valence-corrected chi connectivity index (χ0v) is 21.1. The van der Waals surface area contributed by atoms with Gasteiger partial charge in [0.1, 0.15) is 23.9 Å². The van der Waals surface area contributed by atoms with Crippen LogP contribution >= 0.6 is 46.4 Å². The molecule has 4 rings (SSSR count). The predicted octanol–water partition coefficient (Wildman–Crippen LogP) is 0.604. The molecule has 13 nitrogen and oxygen atoms in total. The molecule has 2 amide bonds. The molecule has 36 heavy (non-hydrogen) atoms. The van der Waals surface area contributed by atoms with E-state index < -0.39 is 45.8 Å². The molecule has 2 aliphatic rings. The summed E-state index contributed by atoms with van der Waals surface area (Å²) in [5, 5.41) is 21.0. The van der Waals surface area contributed by atoms with Crippen molar-refractivity contribution in [2.24, 2.45) is 10.6 Å². The molecule has 2 aromatic heterocycles. The molecule has 2 fully saturated rings. The molecule has 0 bridgehead atoms. The fourth-order valence-corrected chi connectivity index (χ4v) is 7.32. The van der Waals surface area contributed by atoms with Gasteiger partial charge in [-0.05, 0) is 0 Å². The van der Waals surface area contributed by atoms with Crippen LogP contribution in [-0.4, -0.2) is 89.6 Å². The molecule has 3 atom stereocenters. The van der Waals surface area contributed by atoms with E-state index in [-0.39, 0.29) is 39.1 Å². The summed E-state index contributed by atoms with van der Waals surface area (Å²) in [4.78, 5) is 47.5. The largest absolute Gasteiger partial charge is 0.481 e. The Kier molecular flexibility index (Phi) is 7.30. The quantitative estimate of drug-likeness (QED) is 0.170. The van der Waals surface area contributed by atoms with Crippen LogP contribution in [0.1, 0.15) is 10.8 Å². The molecule has 2 aliphatic heterocycles. The lowest BCUT2D eigenvalue weighted by molar-refractivity contribution is -0.157. The number of carboxylic acid groups (broad SMARTS) is 1. The average molecular weight is 585 g/mol. The van der Waals surface area contributed by atoms with Gasteiger partial charge in [-0.25, -0.2) is 0 Å². The van der Waals surface area contributed by atoms with Crippen molar-refractivity contribution in [3.8, 4) is 0 Å². The Bertz CT molecular complexity index is 1220. The standard InChI is InChI=1S/C16H15F3N8O5S4/c1-32-25-5(7-22-13(20)36-26-7)8(28)21-6-9(29)27-2-15(12(30)31,3-33-10(6)27)4-34-14-24-23-11(35-14)16(17,18)19/h6,10H,2-4H2,1H3,(H,21,28)(H,30,31)(H2,20,22,26)/t6?,10-,15?/m1/s1. The number of hydrogen-bond acceptors (Lipinski definition) is 14. The molecular formula is C16H15F3N8O5S4. The lowest BCUT2D eigenvalue weighted by Gasteiger charge is -2.53. The van der Waals surface area contributed by atoms with E-state index in [1.54, 1.807) is 0 Å². The molecule has 2 saturated heterocycles. The molecular weight excluding hydrogens is 569 g/mol. The van der Waals surface area contributed by atoms with Gasteiger partial charge in [0.25, 0.3) is 5.91 Å². The Hall–Kier alpha value is -2.71. The number of carbonyl (C=O) groups is 3. The van der Waals surface area contributed by atoms with Gasteiger partial charge in [0.2, 0.25) is 22.5 Å². The maximum Gasteiger partial charge on any atom is 0.445 e. The highest BCUT2D eigenvalue weighted by Gasteiger charge is 2.57. The Morgan fingerprint density at radius 1 is 1.42 bits per heavy atom. The topological polar surface area (TPSA) is 186 Å². The summed E-state index contributed by atoms with van der Waals surface area (Å²) in [6.45, 7) is -0.188. The van der Waals surface area contributed by atoms with Crippen LogP contribution in [0.15, 0.2) is 9.50 Å². The number of nitrogens with one attached hydrogen (secondary N) is 1. The van der Waals surface area contributed by atoms with Crippen LogP contribution in [0.5, 0.6) is 0 Å². The highest BCUT2D eigenvalue weighted by Crippen LogP contribution is 2.45. The second kappa shape index (κ2) is 9.98. The first-order valence-electron chi connectivity index (χ1n) is 9.66. The number of anilines is 1. The zero-order valence-electron chi connectivity index (χ0n) is 17.9. The van der Waals surface area contributed by atoms with Gasteiger partial charge >= 0.3 is 12.1 Å². The van der Waals surface area contributed by atoms with Crippen LogP contribution < -0.4 is 11.1 Å². The molecule has 4 N–H and O–H groups in total. The number of oxime groups is 1. The maximum absolute atomic E-state index is 12.8. The summed E-state index contributed by atoms with van der Waals surface area (Å²) >= 11 is 3.12. The molecule has 0 spiro atoms. The Morgan fingerprint density at radius 2 is 2.17 bits per heavy atom. The number of fused-ring (bicyclic) bond motifs is 1. The minimum atomic E-state index is -4.64. The monoisotopic (exact) mass is 584 g/mol. The van der Waals surface area contributed by atoms with Crippen LogP contribution in [0.4, 0.5) is 18.3 Å². The van der Waals surface area contributed by atoms with Crippen LogP contribution in [0.3, 0.4) is 0 Å². The molecule has 194 valence electrons. The minimum Gasteiger partial charge on any atom is -0.481 e. The first-order chi connectivity index (χ1) is 16.9. The SMILES string of the molecule is CON=C(C(=O)NC1C(=O)N2CC(CSc3nnc(C(F)(F)F)s3)(C(=O)O)CS[C@H]12)c1nsc(N)n1. The van der Waals surface area contributed by atoms with Crippen LogP contribution in [-0.2, 0) is 25.4 Å². The molecule has 0 radical (unpaired) electrons. The van der Waals surface area contributed by atoms with Crippen molar-refractivity contribution in [3.05, 3.63) is 10.8 Å². The van der Waals surface area contributed by atoms with E-state index in [0.717, 1.165) is 35.1 Å². The molecule has 4 heterocycles. The van der Waals surface area contributed by atoms with Gasteiger partial charge in [-0.1, -0.05) is 28.3 Å². The number of nitrogen functional groups attached to an aromatic ring is 1. The molecule has 2 unspecified atom stereocenters. The summed E-state index contributed by atoms with van der Waals surface area (Å²) in [5.74, 6) is -2.67. The normalized spacial score (nSPS) is 24.2. The van der Waals surface area contributed by atoms with Crippen molar-refractivity contribution >= 4 is 75.0 Å². The first-order valence-corrected chi connectivity index (χ1v) is 13.3. The van der Waals surface area contributed by atoms with E-state index in [0.29, 0.717) is 11.3 Å². The third-order valence-electron chi connectivity index (χ3n) is 5.06. The van der Waals surface area contributed by atoms with Gasteiger partial charge in [0, 0.05) is 29.6 Å². The van der Waals surface area contributed by atoms with Crippen LogP contribution in [0, 0.1) is 5.41 Å². The first kappa shape index (κ1) is 26.4. The van der Waals surface area contributed by atoms with Gasteiger partial charge in [-0.3, -0.25) is 14.4 Å². The summed E-state index contributed by atoms with van der Waals surface area (Å²) < 4.78 is 42.2. The number of carbonyl (C=O) groups excluding carboxylic acids is 2. The third-order valence-corrected chi connectivity index (χ3v) is 9.58. The van der Waals surface area contributed by atoms with Crippen LogP contribution in [0.2, 0.25) is 0 Å². The number of aliphatic carboxylic acids is 1. The fourth-order valence-electron chi connectivity index (χ4n) is 3.30. The number of rotatable bonds is 8. The Labute approximate surface area is 216 Å². The number of β-lactam (4-membered cyclic amide) rings is 1. The summed E-state index contributed by atoms with van der Waals surface area (Å²) in [6.07, 6.45) is -4.64. The van der Waals surface area contributed by atoms with E-state index in [1.165, 1.54) is 12.0 Å². The summed E-state index contributed by atoms with van der Waals surface area (Å²) in [5.41, 5.74) is 3.81. The Morgan fingerprint density at radius 3 is 2.75 bits per heavy atom. The number of carboxylic acids is 1. The molecule has 0 aliphatic carbocycles. The van der Waals surface area contributed by atoms with Crippen molar-refractivity contribution in [3.63, 3.8) is 0 Å². The van der Waals surface area contributed by atoms with E-state index in [1.807, 2.05) is 0 Å². The summed E-state index contributed by atoms with van der Waals surface area (Å²) in [6, 6.07) is -0.961. The molecule has 2 aromatic rings. The number of thioether (sulfide) groups is 2. The number of alkyl halides is 3. The lowest BCUT2D eigenvalue weighted by atomic mass is 9.89. The van der Waals surface area contributed by atoms with Gasteiger partial charge in [0.15, 0.2) is 9.47 Å². The zero-order chi connectivity index (χ0) is 26.3. The number of halogens is 3. The van der Waals surface area contributed by atoms with E-state index in [4.69, 9.17) is 5.73 Å². The molecule has 0 aromatic carbocycles. The highest BCUT2D eigenvalue weighted by molar-refractivity contribution is 8.01. The average Bonchev–Trinajstić information content (AvgIpc) is 3.48. The minimum absolute atomic E-state index is 0.0311.